The zero-order chi connectivity index (χ0) is 36.9. The molecule has 2 aromatic heterocycles. The van der Waals surface area contributed by atoms with Crippen LogP contribution in [-0.4, -0.2) is 15.0 Å². The van der Waals surface area contributed by atoms with Crippen molar-refractivity contribution in [3.8, 4) is 67.5 Å². The molecule has 0 bridgehead atoms. The van der Waals surface area contributed by atoms with Crippen molar-refractivity contribution in [2.75, 3.05) is 0 Å². The van der Waals surface area contributed by atoms with Crippen molar-refractivity contribution in [1.29, 1.82) is 0 Å². The lowest BCUT2D eigenvalue weighted by Crippen LogP contribution is -2.00. The summed E-state index contributed by atoms with van der Waals surface area (Å²) in [6, 6.07) is 46.2. The number of benzene rings is 7. The first kappa shape index (κ1) is 23.6. The summed E-state index contributed by atoms with van der Waals surface area (Å²) in [5, 5.41) is 1.96. The number of hydrogen-bond acceptors (Lipinski definition) is 4. The Morgan fingerprint density at radius 3 is 1.49 bits per heavy atom. The van der Waals surface area contributed by atoms with Gasteiger partial charge >= 0.3 is 0 Å². The molecule has 0 saturated carbocycles. The van der Waals surface area contributed by atoms with Crippen molar-refractivity contribution in [2.45, 2.75) is 0 Å². The van der Waals surface area contributed by atoms with E-state index in [0.717, 1.165) is 55.3 Å². The summed E-state index contributed by atoms with van der Waals surface area (Å²) in [5.74, 6) is 1.70. The van der Waals surface area contributed by atoms with Crippen molar-refractivity contribution in [3.05, 3.63) is 176 Å². The predicted molar refractivity (Wildman–Crippen MR) is 200 cm³/mol. The lowest BCUT2D eigenvalue weighted by atomic mass is 9.97. The molecule has 9 aromatic rings. The third kappa shape index (κ3) is 5.45. The van der Waals surface area contributed by atoms with Crippen LogP contribution in [0.15, 0.2) is 180 Å². The Morgan fingerprint density at radius 2 is 0.898 bits per heavy atom. The highest BCUT2D eigenvalue weighted by molar-refractivity contribution is 6.10. The summed E-state index contributed by atoms with van der Waals surface area (Å²) in [4.78, 5) is 14.7. The third-order valence-corrected chi connectivity index (χ3v) is 8.66. The van der Waals surface area contributed by atoms with Crippen LogP contribution in [0.1, 0.15) is 6.85 Å². The van der Waals surface area contributed by atoms with Crippen LogP contribution in [-0.2, 0) is 0 Å². The number of aromatic nitrogens is 3. The Bertz CT molecular complexity index is 2770. The van der Waals surface area contributed by atoms with Crippen molar-refractivity contribution >= 4 is 21.9 Å². The average Bonchev–Trinajstić information content (AvgIpc) is 3.61. The van der Waals surface area contributed by atoms with Crippen LogP contribution in [0.3, 0.4) is 0 Å². The van der Waals surface area contributed by atoms with Gasteiger partial charge in [0.25, 0.3) is 0 Å². The lowest BCUT2D eigenvalue weighted by molar-refractivity contribution is 0.669. The van der Waals surface area contributed by atoms with Gasteiger partial charge in [0.2, 0.25) is 0 Å². The number of hydrogen-bond donors (Lipinski definition) is 0. The molecule has 0 spiro atoms. The number of nitrogens with zero attached hydrogens (tertiary/aromatic N) is 3. The highest BCUT2D eigenvalue weighted by Gasteiger charge is 2.18. The summed E-state index contributed by atoms with van der Waals surface area (Å²) in [7, 11) is 0. The maximum absolute atomic E-state index is 8.32. The Morgan fingerprint density at radius 1 is 0.388 bits per heavy atom. The molecule has 0 N–H and O–H groups in total. The highest BCUT2D eigenvalue weighted by Crippen LogP contribution is 2.38. The van der Waals surface area contributed by atoms with Gasteiger partial charge in [0.05, 0.1) is 12.4 Å². The molecule has 0 aliphatic rings. The van der Waals surface area contributed by atoms with Gasteiger partial charge in [-0.1, -0.05) is 158 Å². The van der Waals surface area contributed by atoms with Crippen LogP contribution in [0, 0.1) is 0 Å². The summed E-state index contributed by atoms with van der Waals surface area (Å²) in [6.45, 7) is 0. The second-order valence-electron chi connectivity index (χ2n) is 11.7. The first-order valence-corrected chi connectivity index (χ1v) is 15.9. The molecule has 2 heterocycles. The molecular formula is C45H29N3O. The van der Waals surface area contributed by atoms with Crippen LogP contribution in [0.4, 0.5) is 0 Å². The number of rotatable bonds is 6. The number of fused-ring (bicyclic) bond motifs is 3. The Balaban J connectivity index is 1.05. The maximum Gasteiger partial charge on any atom is 0.167 e. The third-order valence-electron chi connectivity index (χ3n) is 8.66. The van der Waals surface area contributed by atoms with Crippen molar-refractivity contribution < 1.29 is 11.3 Å². The molecule has 0 aliphatic heterocycles. The minimum Gasteiger partial charge on any atom is -0.455 e. The first-order valence-electron chi connectivity index (χ1n) is 18.4. The topological polar surface area (TPSA) is 51.8 Å². The van der Waals surface area contributed by atoms with Gasteiger partial charge in [-0.25, -0.2) is 15.0 Å². The van der Waals surface area contributed by atoms with Gasteiger partial charge in [-0.05, 0) is 51.6 Å². The lowest BCUT2D eigenvalue weighted by Gasteiger charge is -2.08. The van der Waals surface area contributed by atoms with Gasteiger partial charge in [0.15, 0.2) is 17.5 Å². The molecule has 230 valence electrons. The van der Waals surface area contributed by atoms with E-state index in [4.69, 9.17) is 26.2 Å². The van der Waals surface area contributed by atoms with Crippen LogP contribution >= 0.6 is 0 Å². The van der Waals surface area contributed by atoms with E-state index in [2.05, 4.69) is 36.4 Å². The highest BCUT2D eigenvalue weighted by atomic mass is 16.3. The molecule has 0 saturated heterocycles. The van der Waals surface area contributed by atoms with Crippen LogP contribution in [0.5, 0.6) is 0 Å². The Hall–Kier alpha value is -6.65. The summed E-state index contributed by atoms with van der Waals surface area (Å²) in [5.41, 5.74) is 8.76. The minimum atomic E-state index is -0.399. The maximum atomic E-state index is 8.32. The van der Waals surface area contributed by atoms with Gasteiger partial charge in [-0.2, -0.15) is 0 Å². The van der Waals surface area contributed by atoms with Gasteiger partial charge in [-0.3, -0.25) is 0 Å². The molecule has 0 unspecified atom stereocenters. The van der Waals surface area contributed by atoms with E-state index in [1.165, 1.54) is 0 Å². The molecular weight excluding hydrogens is 599 g/mol. The van der Waals surface area contributed by atoms with Gasteiger partial charge in [-0.15, -0.1) is 0 Å². The number of para-hydroxylation sites is 1. The molecule has 7 aromatic carbocycles. The molecule has 9 rings (SSSR count). The molecule has 0 atom stereocenters. The summed E-state index contributed by atoms with van der Waals surface area (Å²) < 4.78 is 47.2. The van der Waals surface area contributed by atoms with E-state index in [0.29, 0.717) is 28.6 Å². The standard InChI is InChI=1S/C45H29N3O/c1-4-11-30(12-5-1)31-19-21-32(22-20-31)33-23-25-34(26-24-33)37-27-28-38-39-17-10-18-40(42(39)49-41(38)29-37)45-47-43(35-13-6-2-7-14-35)46-44(48-45)36-15-8-3-9-16-36/h1-29H/i1D,4D,5D,11D,12D. The van der Waals surface area contributed by atoms with E-state index in [1.54, 1.807) is 12.1 Å². The minimum absolute atomic E-state index is 0.193. The van der Waals surface area contributed by atoms with E-state index in [9.17, 15) is 0 Å². The van der Waals surface area contributed by atoms with Gasteiger partial charge in [0.1, 0.15) is 11.2 Å². The zero-order valence-corrected chi connectivity index (χ0v) is 26.1. The molecule has 4 nitrogen and oxygen atoms in total. The van der Waals surface area contributed by atoms with E-state index in [1.807, 2.05) is 97.1 Å². The fourth-order valence-corrected chi connectivity index (χ4v) is 6.16. The largest absolute Gasteiger partial charge is 0.455 e. The summed E-state index contributed by atoms with van der Waals surface area (Å²) >= 11 is 0. The number of furan rings is 1. The van der Waals surface area contributed by atoms with Crippen molar-refractivity contribution in [3.63, 3.8) is 0 Å². The Kier molecular flexibility index (Phi) is 5.87. The van der Waals surface area contributed by atoms with E-state index >= 15 is 0 Å². The fraction of sp³-hybridized carbons (Fsp3) is 0. The predicted octanol–water partition coefficient (Wildman–Crippen LogP) is 11.8. The molecule has 0 radical (unpaired) electrons. The second-order valence-corrected chi connectivity index (χ2v) is 11.7. The van der Waals surface area contributed by atoms with Crippen molar-refractivity contribution in [1.82, 2.24) is 15.0 Å². The first-order chi connectivity index (χ1) is 26.3. The van der Waals surface area contributed by atoms with E-state index < -0.39 is 6.04 Å². The van der Waals surface area contributed by atoms with Gasteiger partial charge in [0, 0.05) is 21.9 Å². The second kappa shape index (κ2) is 12.2. The molecule has 4 heteroatoms. The molecule has 0 amide bonds. The quantitative estimate of drug-likeness (QED) is 0.183. The fourth-order valence-electron chi connectivity index (χ4n) is 6.16. The zero-order valence-electron chi connectivity index (χ0n) is 31.1. The van der Waals surface area contributed by atoms with Gasteiger partial charge < -0.3 is 4.42 Å². The summed E-state index contributed by atoms with van der Waals surface area (Å²) in [6.07, 6.45) is 0. The van der Waals surface area contributed by atoms with E-state index in [-0.39, 0.29) is 29.7 Å². The SMILES string of the molecule is [2H]c1c([2H])c([2H])c(-c2ccc(-c3ccc(-c4ccc5c(c4)oc4c(-c6nc(-c7ccccc7)nc(-c7ccccc7)n6)cccc45)cc3)cc2)c([2H])c1[2H]. The molecule has 0 fully saturated rings. The average molecular weight is 633 g/mol. The normalized spacial score (nSPS) is 12.7. The molecule has 0 aliphatic carbocycles. The monoisotopic (exact) mass is 632 g/mol. The Labute approximate surface area is 291 Å². The van der Waals surface area contributed by atoms with Crippen molar-refractivity contribution in [2.24, 2.45) is 0 Å². The smallest absolute Gasteiger partial charge is 0.167 e. The van der Waals surface area contributed by atoms with Crippen LogP contribution in [0.25, 0.3) is 89.5 Å². The van der Waals surface area contributed by atoms with Crippen LogP contribution in [0.2, 0.25) is 0 Å². The molecule has 49 heavy (non-hydrogen) atoms. The van der Waals surface area contributed by atoms with Crippen LogP contribution < -0.4 is 0 Å².